The number of benzene rings is 3. The molecule has 3 aromatic carbocycles. The Morgan fingerprint density at radius 3 is 2.44 bits per heavy atom. The Labute approximate surface area is 187 Å². The second kappa shape index (κ2) is 8.84. The molecule has 1 aliphatic rings. The van der Waals surface area contributed by atoms with E-state index in [1.807, 2.05) is 6.07 Å². The van der Waals surface area contributed by atoms with E-state index in [1.54, 1.807) is 65.6 Å². The summed E-state index contributed by atoms with van der Waals surface area (Å²) >= 11 is 0. The Balaban J connectivity index is 1.54. The lowest BCUT2D eigenvalue weighted by Crippen LogP contribution is -2.26. The van der Waals surface area contributed by atoms with Crippen molar-refractivity contribution in [1.29, 1.82) is 0 Å². The first-order valence-electron chi connectivity index (χ1n) is 10.2. The number of hydrogen-bond donors (Lipinski definition) is 1. The molecule has 1 saturated heterocycles. The van der Waals surface area contributed by atoms with E-state index < -0.39 is 10.0 Å². The van der Waals surface area contributed by atoms with E-state index in [0.717, 1.165) is 6.42 Å². The number of rotatable bonds is 6. The molecule has 0 radical (unpaired) electrons. The molecule has 1 N–H and O–H groups in total. The monoisotopic (exact) mass is 449 g/mol. The quantitative estimate of drug-likeness (QED) is 0.619. The number of carbonyl (C=O) groups excluding carboxylic acids is 2. The van der Waals surface area contributed by atoms with Gasteiger partial charge in [0.15, 0.2) is 0 Å². The molecular formula is C24H23N3O4S. The summed E-state index contributed by atoms with van der Waals surface area (Å²) in [7, 11) is -2.31. The van der Waals surface area contributed by atoms with Gasteiger partial charge in [0, 0.05) is 37.0 Å². The summed E-state index contributed by atoms with van der Waals surface area (Å²) in [5, 5.41) is 2.75. The normalized spacial score (nSPS) is 13.8. The molecule has 1 heterocycles. The van der Waals surface area contributed by atoms with Crippen molar-refractivity contribution in [2.24, 2.45) is 0 Å². The van der Waals surface area contributed by atoms with Gasteiger partial charge in [-0.1, -0.05) is 30.3 Å². The van der Waals surface area contributed by atoms with Crippen molar-refractivity contribution >= 4 is 38.9 Å². The van der Waals surface area contributed by atoms with Crippen molar-refractivity contribution in [3.63, 3.8) is 0 Å². The molecule has 2 amide bonds. The van der Waals surface area contributed by atoms with Crippen LogP contribution in [-0.4, -0.2) is 33.8 Å². The molecule has 164 valence electrons. The van der Waals surface area contributed by atoms with Crippen molar-refractivity contribution in [1.82, 2.24) is 0 Å². The maximum Gasteiger partial charge on any atom is 0.264 e. The molecule has 32 heavy (non-hydrogen) atoms. The fourth-order valence-electron chi connectivity index (χ4n) is 3.61. The van der Waals surface area contributed by atoms with Crippen LogP contribution in [-0.2, 0) is 14.8 Å². The van der Waals surface area contributed by atoms with Crippen molar-refractivity contribution in [2.45, 2.75) is 17.7 Å². The van der Waals surface area contributed by atoms with Crippen molar-refractivity contribution in [2.75, 3.05) is 28.1 Å². The van der Waals surface area contributed by atoms with Gasteiger partial charge in [-0.25, -0.2) is 8.42 Å². The lowest BCUT2D eigenvalue weighted by atomic mass is 10.1. The molecule has 0 aliphatic carbocycles. The predicted molar refractivity (Wildman–Crippen MR) is 124 cm³/mol. The highest BCUT2D eigenvalue weighted by molar-refractivity contribution is 7.92. The van der Waals surface area contributed by atoms with Crippen LogP contribution in [0.25, 0.3) is 0 Å². The minimum atomic E-state index is -3.80. The van der Waals surface area contributed by atoms with Gasteiger partial charge in [-0.2, -0.15) is 0 Å². The van der Waals surface area contributed by atoms with Gasteiger partial charge in [0.1, 0.15) is 0 Å². The fraction of sp³-hybridized carbons (Fsp3) is 0.167. The van der Waals surface area contributed by atoms with E-state index in [1.165, 1.54) is 23.5 Å². The van der Waals surface area contributed by atoms with Crippen LogP contribution < -0.4 is 14.5 Å². The topological polar surface area (TPSA) is 86.8 Å². The molecule has 3 aromatic rings. The van der Waals surface area contributed by atoms with E-state index in [2.05, 4.69) is 5.32 Å². The van der Waals surface area contributed by atoms with Gasteiger partial charge in [0.25, 0.3) is 15.9 Å². The van der Waals surface area contributed by atoms with Gasteiger partial charge in [-0.15, -0.1) is 0 Å². The first-order valence-corrected chi connectivity index (χ1v) is 11.7. The lowest BCUT2D eigenvalue weighted by molar-refractivity contribution is -0.117. The number of anilines is 3. The number of amides is 2. The van der Waals surface area contributed by atoms with Crippen LogP contribution in [0.2, 0.25) is 0 Å². The Morgan fingerprint density at radius 1 is 0.969 bits per heavy atom. The number of nitrogens with zero attached hydrogens (tertiary/aromatic N) is 2. The largest absolute Gasteiger partial charge is 0.322 e. The second-order valence-electron chi connectivity index (χ2n) is 7.49. The van der Waals surface area contributed by atoms with Crippen molar-refractivity contribution < 1.29 is 18.0 Å². The van der Waals surface area contributed by atoms with E-state index in [9.17, 15) is 18.0 Å². The third-order valence-corrected chi connectivity index (χ3v) is 7.15. The minimum Gasteiger partial charge on any atom is -0.322 e. The highest BCUT2D eigenvalue weighted by Gasteiger charge is 2.23. The van der Waals surface area contributed by atoms with E-state index in [-0.39, 0.29) is 16.7 Å². The zero-order valence-corrected chi connectivity index (χ0v) is 18.4. The molecule has 4 rings (SSSR count). The Morgan fingerprint density at radius 2 is 1.72 bits per heavy atom. The predicted octanol–water partition coefficient (Wildman–Crippen LogP) is 3.89. The van der Waals surface area contributed by atoms with Crippen LogP contribution in [0.5, 0.6) is 0 Å². The average molecular weight is 450 g/mol. The lowest BCUT2D eigenvalue weighted by Gasteiger charge is -2.20. The van der Waals surface area contributed by atoms with E-state index in [4.69, 9.17) is 0 Å². The molecule has 1 aliphatic heterocycles. The Kier molecular flexibility index (Phi) is 5.96. The fourth-order valence-corrected chi connectivity index (χ4v) is 4.85. The van der Waals surface area contributed by atoms with Gasteiger partial charge >= 0.3 is 0 Å². The van der Waals surface area contributed by atoms with E-state index in [0.29, 0.717) is 35.6 Å². The summed E-state index contributed by atoms with van der Waals surface area (Å²) in [6.07, 6.45) is 1.31. The van der Waals surface area contributed by atoms with Crippen LogP contribution in [0.3, 0.4) is 0 Å². The summed E-state index contributed by atoms with van der Waals surface area (Å²) in [6, 6.07) is 21.8. The van der Waals surface area contributed by atoms with Crippen LogP contribution in [0.15, 0.2) is 83.8 Å². The van der Waals surface area contributed by atoms with Gasteiger partial charge in [0.2, 0.25) is 5.91 Å². The van der Waals surface area contributed by atoms with Crippen LogP contribution >= 0.6 is 0 Å². The number of hydrogen-bond acceptors (Lipinski definition) is 4. The average Bonchev–Trinajstić information content (AvgIpc) is 3.25. The molecule has 0 unspecified atom stereocenters. The van der Waals surface area contributed by atoms with Crippen molar-refractivity contribution in [3.05, 3.63) is 84.4 Å². The summed E-state index contributed by atoms with van der Waals surface area (Å²) < 4.78 is 27.3. The summed E-state index contributed by atoms with van der Waals surface area (Å²) in [5.74, 6) is -0.340. The third kappa shape index (κ3) is 4.36. The highest BCUT2D eigenvalue weighted by Crippen LogP contribution is 2.25. The minimum absolute atomic E-state index is 0.0444. The highest BCUT2D eigenvalue weighted by atomic mass is 32.2. The zero-order valence-electron chi connectivity index (χ0n) is 17.6. The van der Waals surface area contributed by atoms with Crippen LogP contribution in [0, 0.1) is 0 Å². The molecule has 0 saturated carbocycles. The van der Waals surface area contributed by atoms with Gasteiger partial charge in [0.05, 0.1) is 10.6 Å². The standard InChI is InChI=1S/C24H23N3O4S/c1-26(20-10-3-2-4-11-20)32(30,31)22-13-6-9-19(17-22)25-24(29)18-8-5-12-21(16-18)27-15-7-14-23(27)28/h2-6,8-13,16-17H,7,14-15H2,1H3,(H,25,29). The zero-order chi connectivity index (χ0) is 22.7. The van der Waals surface area contributed by atoms with Crippen LogP contribution in [0.1, 0.15) is 23.2 Å². The van der Waals surface area contributed by atoms with E-state index >= 15 is 0 Å². The third-order valence-electron chi connectivity index (χ3n) is 5.36. The molecule has 8 heteroatoms. The Bertz CT molecular complexity index is 1260. The number of nitrogens with one attached hydrogen (secondary N) is 1. The molecule has 0 atom stereocenters. The second-order valence-corrected chi connectivity index (χ2v) is 9.46. The Hall–Kier alpha value is -3.65. The maximum atomic E-state index is 13.0. The summed E-state index contributed by atoms with van der Waals surface area (Å²) in [5.41, 5.74) is 1.97. The molecule has 7 nitrogen and oxygen atoms in total. The maximum absolute atomic E-state index is 13.0. The first kappa shape index (κ1) is 21.6. The van der Waals surface area contributed by atoms with Gasteiger partial charge in [-0.05, 0) is 55.0 Å². The smallest absolute Gasteiger partial charge is 0.264 e. The summed E-state index contributed by atoms with van der Waals surface area (Å²) in [6.45, 7) is 0.638. The first-order chi connectivity index (χ1) is 15.4. The van der Waals surface area contributed by atoms with Crippen LogP contribution in [0.4, 0.5) is 17.1 Å². The number of carbonyl (C=O) groups is 2. The summed E-state index contributed by atoms with van der Waals surface area (Å²) in [4.78, 5) is 26.5. The molecule has 1 fully saturated rings. The number of sulfonamides is 1. The molecule has 0 aromatic heterocycles. The van der Waals surface area contributed by atoms with Crippen molar-refractivity contribution in [3.8, 4) is 0 Å². The molecule has 0 bridgehead atoms. The van der Waals surface area contributed by atoms with Gasteiger partial charge < -0.3 is 10.2 Å². The van der Waals surface area contributed by atoms with Gasteiger partial charge in [-0.3, -0.25) is 13.9 Å². The SMILES string of the molecule is CN(c1ccccc1)S(=O)(=O)c1cccc(NC(=O)c2cccc(N3CCCC3=O)c2)c1. The number of para-hydroxylation sites is 1. The molecular weight excluding hydrogens is 426 g/mol. The molecule has 0 spiro atoms.